The van der Waals surface area contributed by atoms with E-state index in [0.717, 1.165) is 0 Å². The van der Waals surface area contributed by atoms with E-state index in [1.165, 1.54) is 12.1 Å². The Morgan fingerprint density at radius 3 is 2.35 bits per heavy atom. The molecule has 0 bridgehead atoms. The third-order valence-corrected chi connectivity index (χ3v) is 3.66. The zero-order chi connectivity index (χ0) is 14.7. The van der Waals surface area contributed by atoms with Gasteiger partial charge in [0, 0.05) is 22.9 Å². The van der Waals surface area contributed by atoms with Crippen molar-refractivity contribution in [3.8, 4) is 0 Å². The molecular formula is C15H10Cl3FO. The highest BCUT2D eigenvalue weighted by Crippen LogP contribution is 2.22. The first-order valence-electron chi connectivity index (χ1n) is 5.85. The van der Waals surface area contributed by atoms with Crippen molar-refractivity contribution in [2.24, 2.45) is 0 Å². The molecule has 0 heterocycles. The van der Waals surface area contributed by atoms with Crippen LogP contribution in [0.15, 0.2) is 36.4 Å². The molecule has 104 valence electrons. The van der Waals surface area contributed by atoms with Gasteiger partial charge in [-0.15, -0.1) is 0 Å². The molecule has 20 heavy (non-hydrogen) atoms. The minimum absolute atomic E-state index is 0.0137. The van der Waals surface area contributed by atoms with E-state index in [1.807, 2.05) is 0 Å². The highest BCUT2D eigenvalue weighted by atomic mass is 35.5. The molecule has 0 saturated carbocycles. The van der Waals surface area contributed by atoms with Crippen molar-refractivity contribution in [3.63, 3.8) is 0 Å². The Kier molecular flexibility index (Phi) is 5.03. The first-order valence-corrected chi connectivity index (χ1v) is 6.98. The average molecular weight is 332 g/mol. The Morgan fingerprint density at radius 2 is 1.70 bits per heavy atom. The molecule has 0 aliphatic rings. The summed E-state index contributed by atoms with van der Waals surface area (Å²) in [5.74, 6) is -0.527. The molecule has 5 heteroatoms. The van der Waals surface area contributed by atoms with Gasteiger partial charge in [0.15, 0.2) is 0 Å². The molecule has 2 aromatic rings. The summed E-state index contributed by atoms with van der Waals surface area (Å²) in [4.78, 5) is 12.0. The van der Waals surface area contributed by atoms with E-state index in [4.69, 9.17) is 34.8 Å². The molecule has 0 radical (unpaired) electrons. The molecule has 0 aliphatic heterocycles. The molecule has 0 atom stereocenters. The lowest BCUT2D eigenvalue weighted by molar-refractivity contribution is -0.117. The van der Waals surface area contributed by atoms with Crippen LogP contribution in [0.3, 0.4) is 0 Å². The van der Waals surface area contributed by atoms with Gasteiger partial charge in [-0.1, -0.05) is 46.9 Å². The Balaban J connectivity index is 2.07. The first kappa shape index (κ1) is 15.3. The van der Waals surface area contributed by atoms with Crippen molar-refractivity contribution in [1.29, 1.82) is 0 Å². The van der Waals surface area contributed by atoms with Crippen LogP contribution in [0.5, 0.6) is 0 Å². The van der Waals surface area contributed by atoms with Crippen LogP contribution in [0, 0.1) is 5.82 Å². The molecule has 2 rings (SSSR count). The summed E-state index contributed by atoms with van der Waals surface area (Å²) in [6.45, 7) is 0. The van der Waals surface area contributed by atoms with E-state index in [0.29, 0.717) is 21.2 Å². The monoisotopic (exact) mass is 330 g/mol. The number of benzene rings is 2. The lowest BCUT2D eigenvalue weighted by atomic mass is 10.0. The summed E-state index contributed by atoms with van der Waals surface area (Å²) < 4.78 is 13.0. The standard InChI is InChI=1S/C15H10Cl3FO/c16-11-3-2-10(13(17)8-11)7-12(20)5-9-1-4-15(19)14(18)6-9/h1-4,6,8H,5,7H2. The molecule has 0 N–H and O–H groups in total. The molecule has 0 saturated heterocycles. The Morgan fingerprint density at radius 1 is 0.950 bits per heavy atom. The van der Waals surface area contributed by atoms with Crippen molar-refractivity contribution >= 4 is 40.6 Å². The van der Waals surface area contributed by atoms with Gasteiger partial charge in [0.25, 0.3) is 0 Å². The van der Waals surface area contributed by atoms with Gasteiger partial charge in [-0.05, 0) is 35.4 Å². The summed E-state index contributed by atoms with van der Waals surface area (Å²) in [7, 11) is 0. The predicted molar refractivity (Wildman–Crippen MR) is 80.3 cm³/mol. The third-order valence-electron chi connectivity index (χ3n) is 2.79. The maximum absolute atomic E-state index is 13.0. The minimum atomic E-state index is -0.497. The maximum atomic E-state index is 13.0. The number of halogens is 4. The van der Waals surface area contributed by atoms with Crippen molar-refractivity contribution in [2.45, 2.75) is 12.8 Å². The SMILES string of the molecule is O=C(Cc1ccc(F)c(Cl)c1)Cc1ccc(Cl)cc1Cl. The van der Waals surface area contributed by atoms with Crippen LogP contribution >= 0.6 is 34.8 Å². The van der Waals surface area contributed by atoms with Gasteiger partial charge in [-0.2, -0.15) is 0 Å². The average Bonchev–Trinajstić information content (AvgIpc) is 2.37. The second-order valence-corrected chi connectivity index (χ2v) is 5.63. The lowest BCUT2D eigenvalue weighted by Gasteiger charge is -2.05. The summed E-state index contributed by atoms with van der Waals surface area (Å²) in [5, 5.41) is 0.999. The molecule has 0 spiro atoms. The van der Waals surface area contributed by atoms with Crippen LogP contribution in [-0.2, 0) is 17.6 Å². The molecule has 0 unspecified atom stereocenters. The van der Waals surface area contributed by atoms with Gasteiger partial charge in [-0.3, -0.25) is 4.79 Å². The van der Waals surface area contributed by atoms with Crippen LogP contribution in [0.4, 0.5) is 4.39 Å². The predicted octanol–water partition coefficient (Wildman–Crippen LogP) is 5.14. The van der Waals surface area contributed by atoms with E-state index in [1.54, 1.807) is 24.3 Å². The zero-order valence-corrected chi connectivity index (χ0v) is 12.6. The van der Waals surface area contributed by atoms with Crippen LogP contribution in [0.2, 0.25) is 15.1 Å². The van der Waals surface area contributed by atoms with E-state index in [2.05, 4.69) is 0 Å². The lowest BCUT2D eigenvalue weighted by Crippen LogP contribution is -2.07. The van der Waals surface area contributed by atoms with Gasteiger partial charge >= 0.3 is 0 Å². The number of carbonyl (C=O) groups excluding carboxylic acids is 1. The van der Waals surface area contributed by atoms with E-state index in [-0.39, 0.29) is 23.6 Å². The van der Waals surface area contributed by atoms with Crippen LogP contribution in [-0.4, -0.2) is 5.78 Å². The molecular weight excluding hydrogens is 322 g/mol. The second-order valence-electron chi connectivity index (χ2n) is 4.38. The largest absolute Gasteiger partial charge is 0.299 e. The van der Waals surface area contributed by atoms with E-state index in [9.17, 15) is 9.18 Å². The first-order chi connectivity index (χ1) is 9.45. The van der Waals surface area contributed by atoms with Gasteiger partial charge in [0.05, 0.1) is 5.02 Å². The number of ketones is 1. The maximum Gasteiger partial charge on any atom is 0.141 e. The van der Waals surface area contributed by atoms with Gasteiger partial charge in [-0.25, -0.2) is 4.39 Å². The normalized spacial score (nSPS) is 10.6. The van der Waals surface area contributed by atoms with Crippen LogP contribution < -0.4 is 0 Å². The third kappa shape index (κ3) is 3.95. The Labute approximate surface area is 131 Å². The molecule has 0 amide bonds. The van der Waals surface area contributed by atoms with Crippen molar-refractivity contribution in [2.75, 3.05) is 0 Å². The van der Waals surface area contributed by atoms with Gasteiger partial charge in [0.1, 0.15) is 11.6 Å². The van der Waals surface area contributed by atoms with Crippen molar-refractivity contribution in [3.05, 3.63) is 68.4 Å². The van der Waals surface area contributed by atoms with Crippen molar-refractivity contribution < 1.29 is 9.18 Å². The molecule has 0 aromatic heterocycles. The number of Topliss-reactive ketones (excluding diaryl/α,β-unsaturated/α-hetero) is 1. The van der Waals surface area contributed by atoms with Crippen molar-refractivity contribution in [1.82, 2.24) is 0 Å². The fraction of sp³-hybridized carbons (Fsp3) is 0.133. The Bertz CT molecular complexity index is 656. The fourth-order valence-electron chi connectivity index (χ4n) is 1.82. The summed E-state index contributed by atoms with van der Waals surface area (Å²) in [6, 6.07) is 9.26. The minimum Gasteiger partial charge on any atom is -0.299 e. The topological polar surface area (TPSA) is 17.1 Å². The fourth-order valence-corrected chi connectivity index (χ4v) is 2.50. The summed E-state index contributed by atoms with van der Waals surface area (Å²) in [5.41, 5.74) is 1.39. The van der Waals surface area contributed by atoms with E-state index < -0.39 is 5.82 Å². The molecule has 1 nitrogen and oxygen atoms in total. The molecule has 0 aliphatic carbocycles. The van der Waals surface area contributed by atoms with Crippen LogP contribution in [0.1, 0.15) is 11.1 Å². The zero-order valence-electron chi connectivity index (χ0n) is 10.3. The van der Waals surface area contributed by atoms with Gasteiger partial charge < -0.3 is 0 Å². The number of hydrogen-bond acceptors (Lipinski definition) is 1. The number of carbonyl (C=O) groups is 1. The summed E-state index contributed by atoms with van der Waals surface area (Å²) in [6.07, 6.45) is 0.379. The van der Waals surface area contributed by atoms with E-state index >= 15 is 0 Å². The second kappa shape index (κ2) is 6.57. The quantitative estimate of drug-likeness (QED) is 0.758. The highest BCUT2D eigenvalue weighted by molar-refractivity contribution is 6.35. The Hall–Kier alpha value is -1.09. The van der Waals surface area contributed by atoms with Crippen LogP contribution in [0.25, 0.3) is 0 Å². The highest BCUT2D eigenvalue weighted by Gasteiger charge is 2.10. The smallest absolute Gasteiger partial charge is 0.141 e. The number of rotatable bonds is 4. The molecule has 0 fully saturated rings. The van der Waals surface area contributed by atoms with Gasteiger partial charge in [0.2, 0.25) is 0 Å². The summed E-state index contributed by atoms with van der Waals surface area (Å²) >= 11 is 17.5. The number of hydrogen-bond donors (Lipinski definition) is 0. The molecule has 2 aromatic carbocycles.